The predicted molar refractivity (Wildman–Crippen MR) is 167 cm³/mol. The van der Waals surface area contributed by atoms with Crippen LogP contribution in [0.1, 0.15) is 24.2 Å². The van der Waals surface area contributed by atoms with Crippen LogP contribution in [0.2, 0.25) is 0 Å². The topological polar surface area (TPSA) is 152 Å². The van der Waals surface area contributed by atoms with Gasteiger partial charge in [-0.15, -0.1) is 0 Å². The number of rotatable bonds is 7. The molecule has 3 N–H and O–H groups in total. The van der Waals surface area contributed by atoms with Gasteiger partial charge in [-0.3, -0.25) is 9.47 Å². The van der Waals surface area contributed by atoms with Gasteiger partial charge in [-0.1, -0.05) is 12.1 Å². The molecule has 0 bridgehead atoms. The molecule has 0 aliphatic carbocycles. The molecule has 0 amide bonds. The van der Waals surface area contributed by atoms with Crippen LogP contribution in [0.4, 0.5) is 11.6 Å². The summed E-state index contributed by atoms with van der Waals surface area (Å²) in [6, 6.07) is 20.4. The van der Waals surface area contributed by atoms with Crippen LogP contribution in [0, 0.1) is 11.3 Å². The minimum absolute atomic E-state index is 0.181. The third-order valence-electron chi connectivity index (χ3n) is 7.85. The molecule has 0 radical (unpaired) electrons. The van der Waals surface area contributed by atoms with Gasteiger partial charge in [0.2, 0.25) is 5.82 Å². The van der Waals surface area contributed by atoms with Crippen molar-refractivity contribution in [2.45, 2.75) is 25.4 Å². The first-order valence-corrected chi connectivity index (χ1v) is 14.4. The zero-order chi connectivity index (χ0) is 30.0. The summed E-state index contributed by atoms with van der Waals surface area (Å²) in [6.45, 7) is 2.78. The Kier molecular flexibility index (Phi) is 7.13. The van der Waals surface area contributed by atoms with Crippen LogP contribution in [0.25, 0.3) is 39.6 Å². The van der Waals surface area contributed by atoms with Gasteiger partial charge in [0.05, 0.1) is 17.6 Å². The van der Waals surface area contributed by atoms with Crippen molar-refractivity contribution >= 4 is 22.8 Å². The number of aryl methyl sites for hydroxylation is 1. The summed E-state index contributed by atoms with van der Waals surface area (Å²) in [7, 11) is 1.94. The highest BCUT2D eigenvalue weighted by atomic mass is 15.2. The van der Waals surface area contributed by atoms with Gasteiger partial charge < -0.3 is 15.6 Å². The molecule has 0 saturated carbocycles. The van der Waals surface area contributed by atoms with Crippen LogP contribution >= 0.6 is 0 Å². The fraction of sp³-hybridized carbons (Fsp3) is 0.219. The van der Waals surface area contributed by atoms with E-state index in [2.05, 4.69) is 54.4 Å². The highest BCUT2D eigenvalue weighted by Gasteiger charge is 2.21. The van der Waals surface area contributed by atoms with Crippen molar-refractivity contribution in [1.82, 2.24) is 43.9 Å². The number of piperidine rings is 1. The normalized spacial score (nSPS) is 14.1. The molecule has 6 heterocycles. The van der Waals surface area contributed by atoms with Crippen molar-refractivity contribution in [3.63, 3.8) is 0 Å². The van der Waals surface area contributed by atoms with Crippen LogP contribution in [0.5, 0.6) is 0 Å². The Hall–Kier alpha value is -5.67. The molecular formula is C32H30N12. The van der Waals surface area contributed by atoms with Crippen LogP contribution < -0.4 is 11.1 Å². The lowest BCUT2D eigenvalue weighted by Gasteiger charge is -2.32. The van der Waals surface area contributed by atoms with E-state index in [1.54, 1.807) is 24.8 Å². The molecule has 1 aliphatic heterocycles. The largest absolute Gasteiger partial charge is 0.383 e. The molecule has 12 heteroatoms. The number of fused-ring (bicyclic) bond motifs is 1. The zero-order valence-corrected chi connectivity index (χ0v) is 24.2. The van der Waals surface area contributed by atoms with Gasteiger partial charge in [0.15, 0.2) is 11.5 Å². The van der Waals surface area contributed by atoms with E-state index in [-0.39, 0.29) is 5.82 Å². The van der Waals surface area contributed by atoms with Gasteiger partial charge in [0, 0.05) is 57.0 Å². The maximum Gasteiger partial charge on any atom is 0.234 e. The molecule has 7 rings (SSSR count). The molecule has 6 aromatic rings. The maximum absolute atomic E-state index is 9.06. The Bertz CT molecular complexity index is 1980. The van der Waals surface area contributed by atoms with Crippen molar-refractivity contribution in [2.24, 2.45) is 7.05 Å². The molecule has 0 unspecified atom stereocenters. The number of nitrogens with zero attached hydrogens (tertiary/aromatic N) is 10. The standard InChI is InChI=1S/C32H30N12/c1-42-19-27(37-20-42)25-8-9-26-32(39-25)44(31(40-26)24-3-2-13-36-30(24)34)23-6-4-21(5-7-23)18-43-15-11-22(12-16-43)38-28-10-14-35-29(17-33)41-28/h2-10,13-14,19-20,22H,11-12,15-16,18H2,1H3,(H2,34,36)(H,35,38,41). The molecule has 1 aromatic carbocycles. The van der Waals surface area contributed by atoms with E-state index >= 15 is 0 Å². The molecular weight excluding hydrogens is 552 g/mol. The molecule has 1 aliphatic rings. The third kappa shape index (κ3) is 5.44. The summed E-state index contributed by atoms with van der Waals surface area (Å²) in [6.07, 6.45) is 8.99. The monoisotopic (exact) mass is 582 g/mol. The number of nitrogens with one attached hydrogen (secondary N) is 1. The molecule has 0 spiro atoms. The zero-order valence-electron chi connectivity index (χ0n) is 24.2. The lowest BCUT2D eigenvalue weighted by atomic mass is 10.0. The quantitative estimate of drug-likeness (QED) is 0.280. The molecule has 218 valence electrons. The number of likely N-dealkylation sites (tertiary alicyclic amines) is 1. The number of anilines is 2. The molecule has 1 saturated heterocycles. The van der Waals surface area contributed by atoms with E-state index < -0.39 is 0 Å². The molecule has 12 nitrogen and oxygen atoms in total. The van der Waals surface area contributed by atoms with Crippen LogP contribution in [-0.2, 0) is 13.6 Å². The Labute approximate surface area is 253 Å². The predicted octanol–water partition coefficient (Wildman–Crippen LogP) is 4.20. The average molecular weight is 583 g/mol. The minimum Gasteiger partial charge on any atom is -0.383 e. The van der Waals surface area contributed by atoms with Gasteiger partial charge in [0.1, 0.15) is 28.9 Å². The lowest BCUT2D eigenvalue weighted by molar-refractivity contribution is 0.211. The van der Waals surface area contributed by atoms with Crippen molar-refractivity contribution in [3.05, 3.63) is 90.9 Å². The van der Waals surface area contributed by atoms with Crippen molar-refractivity contribution < 1.29 is 0 Å². The summed E-state index contributed by atoms with van der Waals surface area (Å²) < 4.78 is 3.95. The number of hydrogen-bond acceptors (Lipinski definition) is 10. The van der Waals surface area contributed by atoms with E-state index in [0.717, 1.165) is 66.3 Å². The van der Waals surface area contributed by atoms with Crippen LogP contribution in [0.15, 0.2) is 79.5 Å². The third-order valence-corrected chi connectivity index (χ3v) is 7.85. The lowest BCUT2D eigenvalue weighted by Crippen LogP contribution is -2.38. The summed E-state index contributed by atoms with van der Waals surface area (Å²) in [5.41, 5.74) is 12.3. The summed E-state index contributed by atoms with van der Waals surface area (Å²) in [5, 5.41) is 12.5. The first-order chi connectivity index (χ1) is 21.5. The molecule has 44 heavy (non-hydrogen) atoms. The van der Waals surface area contributed by atoms with Crippen molar-refractivity contribution in [1.29, 1.82) is 5.26 Å². The molecule has 5 aromatic heterocycles. The smallest absolute Gasteiger partial charge is 0.234 e. The minimum atomic E-state index is 0.181. The second-order valence-electron chi connectivity index (χ2n) is 10.9. The number of benzene rings is 1. The van der Waals surface area contributed by atoms with E-state index in [4.69, 9.17) is 21.0 Å². The maximum atomic E-state index is 9.06. The van der Waals surface area contributed by atoms with Crippen molar-refractivity contribution in [3.8, 4) is 34.5 Å². The Balaban J connectivity index is 1.13. The summed E-state index contributed by atoms with van der Waals surface area (Å²) in [4.78, 5) is 29.4. The number of pyridine rings is 2. The first kappa shape index (κ1) is 27.2. The van der Waals surface area contributed by atoms with Gasteiger partial charge in [-0.25, -0.2) is 29.9 Å². The van der Waals surface area contributed by atoms with E-state index in [0.29, 0.717) is 23.5 Å². The number of nitrogens with two attached hydrogens (primary N) is 1. The second-order valence-corrected chi connectivity index (χ2v) is 10.9. The number of hydrogen-bond donors (Lipinski definition) is 2. The fourth-order valence-electron chi connectivity index (χ4n) is 5.62. The summed E-state index contributed by atoms with van der Waals surface area (Å²) in [5.74, 6) is 1.98. The van der Waals surface area contributed by atoms with Gasteiger partial charge in [-0.05, 0) is 60.9 Å². The fourth-order valence-corrected chi connectivity index (χ4v) is 5.62. The van der Waals surface area contributed by atoms with Crippen LogP contribution in [0.3, 0.4) is 0 Å². The Morgan fingerprint density at radius 3 is 2.52 bits per heavy atom. The first-order valence-electron chi connectivity index (χ1n) is 14.4. The highest BCUT2D eigenvalue weighted by Crippen LogP contribution is 2.31. The van der Waals surface area contributed by atoms with E-state index in [1.165, 1.54) is 5.56 Å². The Morgan fingerprint density at radius 1 is 0.932 bits per heavy atom. The van der Waals surface area contributed by atoms with Crippen molar-refractivity contribution in [2.75, 3.05) is 24.1 Å². The van der Waals surface area contributed by atoms with E-state index in [9.17, 15) is 0 Å². The van der Waals surface area contributed by atoms with Gasteiger partial charge >= 0.3 is 0 Å². The van der Waals surface area contributed by atoms with Gasteiger partial charge in [-0.2, -0.15) is 5.26 Å². The Morgan fingerprint density at radius 2 is 1.77 bits per heavy atom. The van der Waals surface area contributed by atoms with Gasteiger partial charge in [0.25, 0.3) is 0 Å². The average Bonchev–Trinajstić information content (AvgIpc) is 3.66. The highest BCUT2D eigenvalue weighted by molar-refractivity contribution is 5.84. The number of imidazole rings is 2. The molecule has 1 fully saturated rings. The number of aromatic nitrogens is 8. The SMILES string of the molecule is Cn1cnc(-c2ccc3nc(-c4cccnc4N)n(-c4ccc(CN5CCC(Nc6ccnc(C#N)n6)CC5)cc4)c3n2)c1. The molecule has 0 atom stereocenters. The second kappa shape index (κ2) is 11.5. The van der Waals surface area contributed by atoms with E-state index in [1.807, 2.05) is 52.7 Å². The summed E-state index contributed by atoms with van der Waals surface area (Å²) >= 11 is 0. The van der Waals surface area contributed by atoms with Crippen LogP contribution in [-0.4, -0.2) is 63.1 Å². The number of nitriles is 1. The number of nitrogen functional groups attached to an aromatic ring is 1.